The molecule has 41 heavy (non-hydrogen) atoms. The van der Waals surface area contributed by atoms with Crippen molar-refractivity contribution in [1.29, 1.82) is 0 Å². The van der Waals surface area contributed by atoms with E-state index >= 15 is 0 Å². The van der Waals surface area contributed by atoms with Crippen molar-refractivity contribution >= 4 is 75.1 Å². The van der Waals surface area contributed by atoms with Crippen LogP contribution in [0.25, 0.3) is 0 Å². The van der Waals surface area contributed by atoms with Crippen LogP contribution in [0, 0.1) is 5.92 Å². The maximum absolute atomic E-state index is 13.2. The molecule has 2 aromatic heterocycles. The smallest absolute Gasteiger partial charge is 0.301 e. The van der Waals surface area contributed by atoms with Gasteiger partial charge in [-0.15, -0.1) is 11.8 Å². The number of halogens is 1. The number of rotatable bonds is 8. The highest BCUT2D eigenvalue weighted by Gasteiger charge is 2.53. The van der Waals surface area contributed by atoms with Crippen LogP contribution in [0.4, 0.5) is 16.6 Å². The Hall–Kier alpha value is -3.44. The summed E-state index contributed by atoms with van der Waals surface area (Å²) in [4.78, 5) is 45.7. The number of carbonyl (C=O) groups is 3. The van der Waals surface area contributed by atoms with E-state index in [1.165, 1.54) is 16.7 Å². The van der Waals surface area contributed by atoms with Gasteiger partial charge in [0.1, 0.15) is 33.7 Å². The molecule has 17 heteroatoms. The molecule has 0 radical (unpaired) electrons. The van der Waals surface area contributed by atoms with E-state index in [1.54, 1.807) is 0 Å². The van der Waals surface area contributed by atoms with Crippen LogP contribution in [0.15, 0.2) is 34.8 Å². The van der Waals surface area contributed by atoms with E-state index in [1.807, 2.05) is 22.9 Å². The fourth-order valence-corrected chi connectivity index (χ4v) is 7.87. The maximum atomic E-state index is 13.2. The number of fused-ring (bicyclic) bond motifs is 2. The summed E-state index contributed by atoms with van der Waals surface area (Å²) in [6.45, 7) is 3.18. The first kappa shape index (κ1) is 27.7. The second-order valence-electron chi connectivity index (χ2n) is 10.1. The van der Waals surface area contributed by atoms with E-state index in [4.69, 9.17) is 23.1 Å². The Morgan fingerprint density at radius 2 is 2.27 bits per heavy atom. The normalized spacial score (nSPS) is 25.5. The van der Waals surface area contributed by atoms with Crippen LogP contribution in [-0.4, -0.2) is 82.0 Å². The summed E-state index contributed by atoms with van der Waals surface area (Å²) in [5.74, 6) is 0.547. The fourth-order valence-electron chi connectivity index (χ4n) is 5.59. The highest BCUT2D eigenvalue weighted by Crippen LogP contribution is 2.40. The molecule has 6 rings (SSSR count). The first-order chi connectivity index (χ1) is 19.8. The van der Waals surface area contributed by atoms with Crippen molar-refractivity contribution < 1.29 is 24.2 Å². The van der Waals surface area contributed by atoms with Gasteiger partial charge in [-0.25, -0.2) is 14.9 Å². The van der Waals surface area contributed by atoms with Gasteiger partial charge in [-0.1, -0.05) is 28.1 Å². The number of anilines is 3. The number of aromatic nitrogens is 2. The topological polar surface area (TPSA) is 195 Å². The number of nitrogen functional groups attached to an aromatic ring is 1. The number of pyridine rings is 1. The van der Waals surface area contributed by atoms with Gasteiger partial charge in [-0.05, 0) is 37.6 Å². The van der Waals surface area contributed by atoms with Gasteiger partial charge in [-0.2, -0.15) is 0 Å². The fraction of sp³-hybridized carbons (Fsp3) is 0.417. The van der Waals surface area contributed by atoms with E-state index in [9.17, 15) is 19.6 Å². The molecule has 4 atom stereocenters. The number of β-lactam (4-membered cyclic amide) rings is 1. The third kappa shape index (κ3) is 4.88. The van der Waals surface area contributed by atoms with Crippen LogP contribution in [0.5, 0.6) is 0 Å². The van der Waals surface area contributed by atoms with Gasteiger partial charge >= 0.3 is 5.82 Å². The van der Waals surface area contributed by atoms with Gasteiger partial charge in [0, 0.05) is 17.9 Å². The third-order valence-corrected chi connectivity index (χ3v) is 10.0. The van der Waals surface area contributed by atoms with Crippen molar-refractivity contribution in [3.05, 3.63) is 39.6 Å². The van der Waals surface area contributed by atoms with Crippen molar-refractivity contribution in [1.82, 2.24) is 20.5 Å². The van der Waals surface area contributed by atoms with Gasteiger partial charge in [0.15, 0.2) is 17.1 Å². The lowest BCUT2D eigenvalue weighted by Crippen LogP contribution is -2.70. The molecule has 14 nitrogen and oxygen atoms in total. The molecular formula is C24H28ClN10O4S2+. The van der Waals surface area contributed by atoms with Gasteiger partial charge in [0.2, 0.25) is 6.29 Å². The molecule has 0 spiro atoms. The van der Waals surface area contributed by atoms with E-state index in [0.717, 1.165) is 54.5 Å². The molecule has 0 aromatic carbocycles. The first-order valence-electron chi connectivity index (χ1n) is 12.9. The summed E-state index contributed by atoms with van der Waals surface area (Å²) in [5.41, 5.74) is 13.6. The van der Waals surface area contributed by atoms with Crippen molar-refractivity contribution in [3.8, 4) is 0 Å². The quantitative estimate of drug-likeness (QED) is 0.0556. The Labute approximate surface area is 247 Å². The van der Waals surface area contributed by atoms with E-state index in [-0.39, 0.29) is 27.1 Å². The molecule has 2 amide bonds. The van der Waals surface area contributed by atoms with Crippen LogP contribution in [0.2, 0.25) is 4.34 Å². The van der Waals surface area contributed by atoms with Crippen molar-refractivity contribution in [3.63, 3.8) is 0 Å². The van der Waals surface area contributed by atoms with Gasteiger partial charge in [-0.3, -0.25) is 25.0 Å². The Balaban J connectivity index is 1.18. The Morgan fingerprint density at radius 3 is 2.95 bits per heavy atom. The van der Waals surface area contributed by atoms with Gasteiger partial charge in [0.05, 0.1) is 11.9 Å². The monoisotopic (exact) mass is 619 g/mol. The largest absolute Gasteiger partial charge is 0.410 e. The molecule has 4 aliphatic rings. The predicted octanol–water partition coefficient (Wildman–Crippen LogP) is -0.519. The number of thioether (sulfide) groups is 1. The molecule has 6 heterocycles. The third-order valence-electron chi connectivity index (χ3n) is 7.59. The molecule has 0 saturated carbocycles. The molecule has 2 fully saturated rings. The number of oxime groups is 1. The van der Waals surface area contributed by atoms with Crippen molar-refractivity contribution in [2.75, 3.05) is 41.3 Å². The van der Waals surface area contributed by atoms with Crippen LogP contribution >= 0.6 is 34.7 Å². The second kappa shape index (κ2) is 11.1. The second-order valence-corrected chi connectivity index (χ2v) is 12.8. The van der Waals surface area contributed by atoms with Gasteiger partial charge in [0.25, 0.3) is 11.8 Å². The molecule has 2 aromatic rings. The zero-order valence-corrected chi connectivity index (χ0v) is 24.0. The van der Waals surface area contributed by atoms with Crippen molar-refractivity contribution in [2.24, 2.45) is 16.8 Å². The number of aldehydes is 1. The highest BCUT2D eigenvalue weighted by molar-refractivity contribution is 8.00. The summed E-state index contributed by atoms with van der Waals surface area (Å²) >= 11 is 8.41. The number of hydrogen-bond donors (Lipinski definition) is 6. The zero-order valence-electron chi connectivity index (χ0n) is 21.6. The van der Waals surface area contributed by atoms with Crippen LogP contribution in [-0.2, 0) is 20.9 Å². The average Bonchev–Trinajstić information content (AvgIpc) is 3.67. The number of nitrogens with two attached hydrogens (primary N) is 2. The minimum atomic E-state index is -0.928. The number of nitrogens with one attached hydrogen (secondary N) is 3. The van der Waals surface area contributed by atoms with Crippen LogP contribution in [0.1, 0.15) is 12.1 Å². The zero-order chi connectivity index (χ0) is 28.8. The standard InChI is InChI=1S/C24H27ClN10O4S2/c25-18-15(30-24(27)41-18)16(32-39)20(37)29-17-21(38)35-14(9-36)12(10-40-22(17)35)8-33-5-1-2-13-19(33)31-23(26)34(13)7-11-3-4-28-6-11/h1-2,5,9,11,17,22-23,28H,3-4,6-8,10,26H2,(H4,27,29,30,37,39)/p+1. The van der Waals surface area contributed by atoms with E-state index in [2.05, 4.69) is 31.0 Å². The first-order valence-corrected chi connectivity index (χ1v) is 15.1. The summed E-state index contributed by atoms with van der Waals surface area (Å²) in [6, 6.07) is 3.04. The number of carbonyl (C=O) groups excluding carboxylic acids is 3. The number of amides is 2. The Bertz CT molecular complexity index is 1480. The van der Waals surface area contributed by atoms with Crippen LogP contribution in [0.3, 0.4) is 0 Å². The lowest BCUT2D eigenvalue weighted by molar-refractivity contribution is -0.674. The molecule has 4 aliphatic heterocycles. The number of nitrogens with zero attached hydrogens (tertiary/aromatic N) is 5. The summed E-state index contributed by atoms with van der Waals surface area (Å²) in [6.07, 6.45) is 3.33. The molecule has 216 valence electrons. The summed E-state index contributed by atoms with van der Waals surface area (Å²) in [7, 11) is 0. The predicted molar refractivity (Wildman–Crippen MR) is 155 cm³/mol. The molecule has 8 N–H and O–H groups in total. The average molecular weight is 620 g/mol. The Kier molecular flexibility index (Phi) is 7.50. The molecule has 0 bridgehead atoms. The minimum Gasteiger partial charge on any atom is -0.410 e. The lowest BCUT2D eigenvalue weighted by atomic mass is 10.0. The van der Waals surface area contributed by atoms with E-state index < -0.39 is 28.9 Å². The summed E-state index contributed by atoms with van der Waals surface area (Å²) in [5, 5.41) is 21.4. The van der Waals surface area contributed by atoms with E-state index in [0.29, 0.717) is 24.5 Å². The molecule has 4 unspecified atom stereocenters. The maximum Gasteiger partial charge on any atom is 0.301 e. The number of allylic oxidation sites excluding steroid dienone is 1. The number of hydrogen-bond acceptors (Lipinski definition) is 13. The van der Waals surface area contributed by atoms with Crippen molar-refractivity contribution in [2.45, 2.75) is 30.7 Å². The molecular weight excluding hydrogens is 592 g/mol. The molecule has 0 aliphatic carbocycles. The minimum absolute atomic E-state index is 0.0777. The lowest BCUT2D eigenvalue weighted by Gasteiger charge is -2.49. The SMILES string of the molecule is Nc1nc(/C(=N/O)C(=O)NC2C(=O)N3C(C=O)=C(C[n+]4cccc5c4NC(N)N5CC4CCNC4)CSC23)c(Cl)s1. The number of thiazole rings is 1. The summed E-state index contributed by atoms with van der Waals surface area (Å²) < 4.78 is 2.08. The van der Waals surface area contributed by atoms with Gasteiger partial charge < -0.3 is 26.5 Å². The van der Waals surface area contributed by atoms with Crippen LogP contribution < -0.4 is 36.9 Å². The Morgan fingerprint density at radius 1 is 1.44 bits per heavy atom. The molecule has 2 saturated heterocycles. The highest BCUT2D eigenvalue weighted by atomic mass is 35.5.